The fourth-order valence-corrected chi connectivity index (χ4v) is 2.71. The maximum Gasteiger partial charge on any atom is 0.446 e. The summed E-state index contributed by atoms with van der Waals surface area (Å²) in [5.41, 5.74) is -2.22. The number of hydrogen-bond acceptors (Lipinski definition) is 4. The molecular formula is C15H12F3N3OS. The van der Waals surface area contributed by atoms with E-state index in [1.54, 1.807) is 34.9 Å². The van der Waals surface area contributed by atoms with Crippen molar-refractivity contribution in [1.82, 2.24) is 9.55 Å². The Morgan fingerprint density at radius 1 is 1.13 bits per heavy atom. The van der Waals surface area contributed by atoms with Crippen molar-refractivity contribution in [1.29, 1.82) is 0 Å². The number of aryl methyl sites for hydroxylation is 1. The van der Waals surface area contributed by atoms with E-state index in [1.165, 1.54) is 12.1 Å². The van der Waals surface area contributed by atoms with E-state index < -0.39 is 5.51 Å². The number of aromatic nitrogens is 2. The van der Waals surface area contributed by atoms with Gasteiger partial charge in [0, 0.05) is 23.7 Å². The van der Waals surface area contributed by atoms with Gasteiger partial charge in [0.1, 0.15) is 5.75 Å². The van der Waals surface area contributed by atoms with E-state index >= 15 is 0 Å². The molecule has 0 saturated heterocycles. The van der Waals surface area contributed by atoms with E-state index in [9.17, 15) is 18.3 Å². The number of phenolic OH excluding ortho intramolecular Hbond substituents is 1. The fraction of sp³-hybridized carbons (Fsp3) is 0.133. The van der Waals surface area contributed by atoms with Crippen LogP contribution in [0, 0.1) is 0 Å². The number of rotatable bonds is 3. The Morgan fingerprint density at radius 3 is 2.48 bits per heavy atom. The van der Waals surface area contributed by atoms with Crippen molar-refractivity contribution in [3.05, 3.63) is 42.5 Å². The predicted molar refractivity (Wildman–Crippen MR) is 84.0 cm³/mol. The highest BCUT2D eigenvalue weighted by atomic mass is 32.2. The lowest BCUT2D eigenvalue weighted by Gasteiger charge is -2.08. The zero-order chi connectivity index (χ0) is 16.6. The van der Waals surface area contributed by atoms with Gasteiger partial charge in [0.25, 0.3) is 0 Å². The van der Waals surface area contributed by atoms with Crippen LogP contribution in [-0.2, 0) is 7.05 Å². The number of thioether (sulfide) groups is 1. The number of imidazole rings is 1. The van der Waals surface area contributed by atoms with Gasteiger partial charge in [-0.15, -0.1) is 0 Å². The molecule has 3 rings (SSSR count). The van der Waals surface area contributed by atoms with Crippen LogP contribution < -0.4 is 5.32 Å². The second-order valence-corrected chi connectivity index (χ2v) is 6.00. The molecule has 0 aliphatic carbocycles. The molecule has 120 valence electrons. The van der Waals surface area contributed by atoms with Crippen LogP contribution in [0.25, 0.3) is 11.0 Å². The average Bonchev–Trinajstić information content (AvgIpc) is 2.75. The topological polar surface area (TPSA) is 50.1 Å². The summed E-state index contributed by atoms with van der Waals surface area (Å²) in [6.45, 7) is 0. The smallest absolute Gasteiger partial charge is 0.446 e. The Hall–Kier alpha value is -2.35. The third-order valence-electron chi connectivity index (χ3n) is 3.21. The highest BCUT2D eigenvalue weighted by molar-refractivity contribution is 8.00. The number of nitrogens with one attached hydrogen (secondary N) is 1. The lowest BCUT2D eigenvalue weighted by molar-refractivity contribution is -0.0328. The van der Waals surface area contributed by atoms with E-state index in [-0.39, 0.29) is 22.4 Å². The molecular weight excluding hydrogens is 327 g/mol. The summed E-state index contributed by atoms with van der Waals surface area (Å²) in [7, 11) is 1.81. The molecule has 0 spiro atoms. The largest absolute Gasteiger partial charge is 0.508 e. The van der Waals surface area contributed by atoms with Crippen molar-refractivity contribution >= 4 is 34.4 Å². The molecule has 1 aromatic heterocycles. The van der Waals surface area contributed by atoms with Gasteiger partial charge in [-0.3, -0.25) is 0 Å². The molecule has 0 aliphatic rings. The molecule has 8 heteroatoms. The van der Waals surface area contributed by atoms with Gasteiger partial charge in [-0.25, -0.2) is 4.98 Å². The van der Waals surface area contributed by atoms with Crippen LogP contribution in [0.5, 0.6) is 5.75 Å². The number of phenols is 1. The Morgan fingerprint density at radius 2 is 1.83 bits per heavy atom. The summed E-state index contributed by atoms with van der Waals surface area (Å²) in [6, 6.07) is 10.8. The van der Waals surface area contributed by atoms with Gasteiger partial charge >= 0.3 is 5.51 Å². The van der Waals surface area contributed by atoms with E-state index in [4.69, 9.17) is 0 Å². The highest BCUT2D eigenvalue weighted by Gasteiger charge is 2.29. The SMILES string of the molecule is Cn1c(Nc2ccc(SC(F)(F)F)cc2)nc2cc(O)ccc21. The van der Waals surface area contributed by atoms with E-state index in [1.807, 2.05) is 7.05 Å². The second kappa shape index (κ2) is 5.69. The number of anilines is 2. The van der Waals surface area contributed by atoms with Crippen molar-refractivity contribution < 1.29 is 18.3 Å². The summed E-state index contributed by atoms with van der Waals surface area (Å²) in [5.74, 6) is 0.650. The highest BCUT2D eigenvalue weighted by Crippen LogP contribution is 2.37. The molecule has 3 aromatic rings. The summed E-state index contributed by atoms with van der Waals surface area (Å²) in [4.78, 5) is 4.48. The van der Waals surface area contributed by atoms with Crippen molar-refractivity contribution in [3.63, 3.8) is 0 Å². The van der Waals surface area contributed by atoms with Gasteiger partial charge < -0.3 is 15.0 Å². The van der Waals surface area contributed by atoms with Crippen LogP contribution in [0.1, 0.15) is 0 Å². The monoisotopic (exact) mass is 339 g/mol. The molecule has 0 amide bonds. The van der Waals surface area contributed by atoms with Gasteiger partial charge in [0.15, 0.2) is 0 Å². The molecule has 0 atom stereocenters. The van der Waals surface area contributed by atoms with Gasteiger partial charge in [-0.2, -0.15) is 13.2 Å². The van der Waals surface area contributed by atoms with E-state index in [2.05, 4.69) is 10.3 Å². The molecule has 0 bridgehead atoms. The number of alkyl halides is 3. The van der Waals surface area contributed by atoms with Crippen LogP contribution >= 0.6 is 11.8 Å². The average molecular weight is 339 g/mol. The minimum absolute atomic E-state index is 0.121. The van der Waals surface area contributed by atoms with Gasteiger partial charge in [0.05, 0.1) is 11.0 Å². The molecule has 1 heterocycles. The van der Waals surface area contributed by atoms with Crippen molar-refractivity contribution in [2.24, 2.45) is 7.05 Å². The third kappa shape index (κ3) is 3.53. The number of benzene rings is 2. The molecule has 0 fully saturated rings. The molecule has 23 heavy (non-hydrogen) atoms. The predicted octanol–water partition coefficient (Wildman–Crippen LogP) is 4.63. The number of halogens is 3. The molecule has 2 aromatic carbocycles. The second-order valence-electron chi connectivity index (χ2n) is 4.86. The van der Waals surface area contributed by atoms with E-state index in [0.717, 1.165) is 5.52 Å². The molecule has 0 aliphatic heterocycles. The van der Waals surface area contributed by atoms with Gasteiger partial charge in [-0.1, -0.05) is 0 Å². The van der Waals surface area contributed by atoms with Crippen molar-refractivity contribution in [2.75, 3.05) is 5.32 Å². The summed E-state index contributed by atoms with van der Waals surface area (Å²) in [6.07, 6.45) is 0. The molecule has 4 nitrogen and oxygen atoms in total. The summed E-state index contributed by atoms with van der Waals surface area (Å²) >= 11 is -0.152. The Balaban J connectivity index is 1.83. The zero-order valence-electron chi connectivity index (χ0n) is 11.9. The normalized spacial score (nSPS) is 11.8. The maximum atomic E-state index is 12.3. The summed E-state index contributed by atoms with van der Waals surface area (Å²) in [5, 5.41) is 12.5. The van der Waals surface area contributed by atoms with Crippen LogP contribution in [0.2, 0.25) is 0 Å². The summed E-state index contributed by atoms with van der Waals surface area (Å²) < 4.78 is 38.7. The number of hydrogen-bond donors (Lipinski definition) is 2. The number of nitrogens with zero attached hydrogens (tertiary/aromatic N) is 2. The fourth-order valence-electron chi connectivity index (χ4n) is 2.17. The van der Waals surface area contributed by atoms with Crippen LogP contribution in [-0.4, -0.2) is 20.2 Å². The standard InChI is InChI=1S/C15H12F3N3OS/c1-21-13-7-4-10(22)8-12(13)20-14(21)19-9-2-5-11(6-3-9)23-15(16,17)18/h2-8,22H,1H3,(H,19,20). The molecule has 0 radical (unpaired) electrons. The van der Waals surface area contributed by atoms with Gasteiger partial charge in [0.2, 0.25) is 5.95 Å². The maximum absolute atomic E-state index is 12.3. The lowest BCUT2D eigenvalue weighted by Crippen LogP contribution is -2.00. The first-order chi connectivity index (χ1) is 10.8. The first-order valence-corrected chi connectivity index (χ1v) is 7.42. The number of fused-ring (bicyclic) bond motifs is 1. The van der Waals surface area contributed by atoms with Crippen molar-refractivity contribution in [2.45, 2.75) is 10.4 Å². The zero-order valence-corrected chi connectivity index (χ0v) is 12.7. The molecule has 2 N–H and O–H groups in total. The molecule has 0 unspecified atom stereocenters. The lowest BCUT2D eigenvalue weighted by atomic mass is 10.3. The van der Waals surface area contributed by atoms with Crippen molar-refractivity contribution in [3.8, 4) is 5.75 Å². The first-order valence-electron chi connectivity index (χ1n) is 6.60. The van der Waals surface area contributed by atoms with Crippen LogP contribution in [0.3, 0.4) is 0 Å². The Bertz CT molecular complexity index is 844. The molecule has 0 saturated carbocycles. The minimum Gasteiger partial charge on any atom is -0.508 e. The van der Waals surface area contributed by atoms with Crippen LogP contribution in [0.15, 0.2) is 47.4 Å². The third-order valence-corrected chi connectivity index (χ3v) is 3.95. The van der Waals surface area contributed by atoms with E-state index in [0.29, 0.717) is 17.2 Å². The Labute approximate surface area is 134 Å². The van der Waals surface area contributed by atoms with Gasteiger partial charge in [-0.05, 0) is 48.2 Å². The van der Waals surface area contributed by atoms with Crippen LogP contribution in [0.4, 0.5) is 24.8 Å². The quantitative estimate of drug-likeness (QED) is 0.683. The minimum atomic E-state index is -4.30. The number of aromatic hydroxyl groups is 1. The first kappa shape index (κ1) is 15.5. The Kier molecular flexibility index (Phi) is 3.85.